The summed E-state index contributed by atoms with van der Waals surface area (Å²) in [6.07, 6.45) is 3.39. The average Bonchev–Trinajstić information content (AvgIpc) is 3.58. The van der Waals surface area contributed by atoms with Gasteiger partial charge in [-0.3, -0.25) is 4.79 Å². The van der Waals surface area contributed by atoms with Gasteiger partial charge in [0.25, 0.3) is 0 Å². The molecule has 1 aliphatic heterocycles. The molecule has 2 aromatic carbocycles. The second-order valence-corrected chi connectivity index (χ2v) is 9.09. The van der Waals surface area contributed by atoms with E-state index in [2.05, 4.69) is 0 Å². The molecule has 0 aromatic heterocycles. The van der Waals surface area contributed by atoms with E-state index in [1.165, 1.54) is 12.8 Å². The number of benzene rings is 2. The third-order valence-corrected chi connectivity index (χ3v) is 6.45. The maximum Gasteiger partial charge on any atom is 0.248 e. The van der Waals surface area contributed by atoms with Gasteiger partial charge in [-0.25, -0.2) is 0 Å². The van der Waals surface area contributed by atoms with Gasteiger partial charge in [0.15, 0.2) is 11.5 Å². The number of hydrogen-bond acceptors (Lipinski definition) is 5. The van der Waals surface area contributed by atoms with E-state index < -0.39 is 5.41 Å². The molecule has 1 saturated heterocycles. The molecule has 0 unspecified atom stereocenters. The minimum absolute atomic E-state index is 0.00505. The van der Waals surface area contributed by atoms with E-state index >= 15 is 0 Å². The summed E-state index contributed by atoms with van der Waals surface area (Å²) in [6, 6.07) is 15.6. The van der Waals surface area contributed by atoms with E-state index in [1.807, 2.05) is 55.5 Å². The summed E-state index contributed by atoms with van der Waals surface area (Å²) < 4.78 is 17.1. The maximum absolute atomic E-state index is 12.8. The summed E-state index contributed by atoms with van der Waals surface area (Å²) in [7, 11) is 1.62. The van der Waals surface area contributed by atoms with Crippen LogP contribution < -0.4 is 9.47 Å². The summed E-state index contributed by atoms with van der Waals surface area (Å²) in [5, 5.41) is 0. The Balaban J connectivity index is 1.43. The monoisotopic (exact) mass is 437 g/mol. The lowest BCUT2D eigenvalue weighted by molar-refractivity contribution is -0.136. The number of rotatable bonds is 10. The minimum atomic E-state index is -0.669. The highest BCUT2D eigenvalue weighted by molar-refractivity contribution is 5.79. The van der Waals surface area contributed by atoms with Gasteiger partial charge in [0.05, 0.1) is 20.3 Å². The lowest BCUT2D eigenvalue weighted by Gasteiger charge is -2.24. The van der Waals surface area contributed by atoms with Gasteiger partial charge >= 0.3 is 0 Å². The quantitative estimate of drug-likeness (QED) is 0.529. The molecule has 2 atom stereocenters. The number of nitrogens with zero attached hydrogens (tertiary/aromatic N) is 1. The normalized spacial score (nSPS) is 22.6. The van der Waals surface area contributed by atoms with Crippen LogP contribution in [0.4, 0.5) is 0 Å². The fraction of sp³-hybridized carbons (Fsp3) is 0.462. The zero-order valence-electron chi connectivity index (χ0n) is 18.8. The smallest absolute Gasteiger partial charge is 0.248 e. The molecular formula is C26H31NO5. The summed E-state index contributed by atoms with van der Waals surface area (Å²) in [5.74, 6) is 1.78. The summed E-state index contributed by atoms with van der Waals surface area (Å²) in [6.45, 7) is 3.82. The van der Waals surface area contributed by atoms with Crippen molar-refractivity contribution in [2.45, 2.75) is 32.3 Å². The zero-order chi connectivity index (χ0) is 22.6. The Labute approximate surface area is 189 Å². The van der Waals surface area contributed by atoms with E-state index in [1.54, 1.807) is 12.0 Å². The molecule has 1 heterocycles. The van der Waals surface area contributed by atoms with Crippen LogP contribution in [-0.4, -0.2) is 50.5 Å². The summed E-state index contributed by atoms with van der Waals surface area (Å²) in [5.41, 5.74) is 1.33. The van der Waals surface area contributed by atoms with Crippen molar-refractivity contribution in [2.75, 3.05) is 33.4 Å². The van der Waals surface area contributed by atoms with Crippen molar-refractivity contribution in [1.82, 2.24) is 4.90 Å². The van der Waals surface area contributed by atoms with Crippen LogP contribution in [0, 0.1) is 11.3 Å². The molecule has 1 amide bonds. The van der Waals surface area contributed by atoms with Gasteiger partial charge in [0.2, 0.25) is 5.91 Å². The van der Waals surface area contributed by atoms with Crippen LogP contribution in [0.2, 0.25) is 0 Å². The van der Waals surface area contributed by atoms with Gasteiger partial charge < -0.3 is 23.9 Å². The lowest BCUT2D eigenvalue weighted by atomic mass is 9.77. The first-order valence-corrected chi connectivity index (χ1v) is 11.2. The molecule has 6 nitrogen and oxygen atoms in total. The van der Waals surface area contributed by atoms with Crippen LogP contribution in [0.15, 0.2) is 48.5 Å². The Morgan fingerprint density at radius 1 is 1.16 bits per heavy atom. The molecule has 0 spiro atoms. The van der Waals surface area contributed by atoms with Gasteiger partial charge in [0.1, 0.15) is 12.9 Å². The Morgan fingerprint density at radius 2 is 1.94 bits per heavy atom. The molecule has 0 radical (unpaired) electrons. The van der Waals surface area contributed by atoms with E-state index in [9.17, 15) is 9.59 Å². The first-order chi connectivity index (χ1) is 15.5. The minimum Gasteiger partial charge on any atom is -0.493 e. The van der Waals surface area contributed by atoms with Crippen LogP contribution in [0.1, 0.15) is 36.8 Å². The number of aldehydes is 1. The van der Waals surface area contributed by atoms with Crippen LogP contribution in [0.5, 0.6) is 11.5 Å². The Hall–Kier alpha value is -2.86. The standard InChI is InChI=1S/C26H31NO5/c1-26(18-28)17-27(25(29)16-31-14-19-6-4-3-5-7-19)13-22(26)21-10-11-23(30-2)24(12-21)32-15-20-8-9-20/h3-7,10-12,18,20,22H,8-9,13-17H2,1-2H3/t22-,26-/m0/s1. The van der Waals surface area contributed by atoms with Gasteiger partial charge in [-0.1, -0.05) is 43.3 Å². The Bertz CT molecular complexity index is 942. The van der Waals surface area contributed by atoms with Crippen molar-refractivity contribution in [3.63, 3.8) is 0 Å². The van der Waals surface area contributed by atoms with E-state index in [0.29, 0.717) is 43.7 Å². The Kier molecular flexibility index (Phi) is 6.80. The average molecular weight is 438 g/mol. The number of carbonyl (C=O) groups is 2. The first-order valence-electron chi connectivity index (χ1n) is 11.2. The molecule has 32 heavy (non-hydrogen) atoms. The number of ether oxygens (including phenoxy) is 3. The van der Waals surface area contributed by atoms with Crippen molar-refractivity contribution in [2.24, 2.45) is 11.3 Å². The third-order valence-electron chi connectivity index (χ3n) is 6.45. The summed E-state index contributed by atoms with van der Waals surface area (Å²) in [4.78, 5) is 26.6. The molecule has 6 heteroatoms. The highest BCUT2D eigenvalue weighted by atomic mass is 16.5. The lowest BCUT2D eigenvalue weighted by Crippen LogP contribution is -2.34. The maximum atomic E-state index is 12.8. The SMILES string of the molecule is COc1ccc([C@@H]2CN(C(=O)COCc3ccccc3)C[C@@]2(C)C=O)cc1OCC1CC1. The highest BCUT2D eigenvalue weighted by Gasteiger charge is 2.45. The van der Waals surface area contributed by atoms with Crippen LogP contribution in [0.3, 0.4) is 0 Å². The molecule has 2 fully saturated rings. The third kappa shape index (κ3) is 5.13. The largest absolute Gasteiger partial charge is 0.493 e. The highest BCUT2D eigenvalue weighted by Crippen LogP contribution is 2.44. The van der Waals surface area contributed by atoms with Crippen LogP contribution >= 0.6 is 0 Å². The molecule has 0 bridgehead atoms. The fourth-order valence-electron chi connectivity index (χ4n) is 4.25. The number of carbonyl (C=O) groups excluding carboxylic acids is 2. The van der Waals surface area contributed by atoms with E-state index in [0.717, 1.165) is 17.4 Å². The van der Waals surface area contributed by atoms with Crippen molar-refractivity contribution >= 4 is 12.2 Å². The van der Waals surface area contributed by atoms with Gasteiger partial charge in [-0.15, -0.1) is 0 Å². The molecule has 1 aliphatic carbocycles. The number of methoxy groups -OCH3 is 1. The summed E-state index contributed by atoms with van der Waals surface area (Å²) >= 11 is 0. The predicted molar refractivity (Wildman–Crippen MR) is 121 cm³/mol. The molecule has 0 N–H and O–H groups in total. The molecule has 4 rings (SSSR count). The van der Waals surface area contributed by atoms with Crippen molar-refractivity contribution in [1.29, 1.82) is 0 Å². The van der Waals surface area contributed by atoms with Gasteiger partial charge in [0, 0.05) is 24.4 Å². The molecule has 2 aromatic rings. The van der Waals surface area contributed by atoms with E-state index in [-0.39, 0.29) is 18.4 Å². The number of amides is 1. The molecule has 2 aliphatic rings. The molecule has 170 valence electrons. The van der Waals surface area contributed by atoms with Crippen molar-refractivity contribution in [3.8, 4) is 11.5 Å². The first kappa shape index (κ1) is 22.3. The van der Waals surface area contributed by atoms with Crippen molar-refractivity contribution in [3.05, 3.63) is 59.7 Å². The van der Waals surface area contributed by atoms with Crippen molar-refractivity contribution < 1.29 is 23.8 Å². The second-order valence-electron chi connectivity index (χ2n) is 9.09. The number of likely N-dealkylation sites (tertiary alicyclic amines) is 1. The van der Waals surface area contributed by atoms with E-state index in [4.69, 9.17) is 14.2 Å². The number of hydrogen-bond donors (Lipinski definition) is 0. The van der Waals surface area contributed by atoms with Crippen LogP contribution in [0.25, 0.3) is 0 Å². The van der Waals surface area contributed by atoms with Gasteiger partial charge in [-0.05, 0) is 42.0 Å². The predicted octanol–water partition coefficient (Wildman–Crippen LogP) is 3.83. The second kappa shape index (κ2) is 9.74. The Morgan fingerprint density at radius 3 is 2.62 bits per heavy atom. The topological polar surface area (TPSA) is 65.1 Å². The zero-order valence-corrected chi connectivity index (χ0v) is 18.8. The molecule has 1 saturated carbocycles. The fourth-order valence-corrected chi connectivity index (χ4v) is 4.25. The molecular weight excluding hydrogens is 406 g/mol. The van der Waals surface area contributed by atoms with Gasteiger partial charge in [-0.2, -0.15) is 0 Å². The van der Waals surface area contributed by atoms with Crippen LogP contribution in [-0.2, 0) is 20.9 Å².